The summed E-state index contributed by atoms with van der Waals surface area (Å²) in [6.07, 6.45) is 5.45. The van der Waals surface area contributed by atoms with Crippen molar-refractivity contribution < 1.29 is 0 Å². The van der Waals surface area contributed by atoms with Crippen LogP contribution in [0.3, 0.4) is 0 Å². The van der Waals surface area contributed by atoms with Crippen molar-refractivity contribution in [1.82, 2.24) is 15.0 Å². The number of para-hydroxylation sites is 2. The van der Waals surface area contributed by atoms with Crippen molar-refractivity contribution in [2.75, 3.05) is 16.1 Å². The third-order valence-electron chi connectivity index (χ3n) is 4.11. The van der Waals surface area contributed by atoms with Gasteiger partial charge in [0, 0.05) is 17.6 Å². The van der Waals surface area contributed by atoms with Gasteiger partial charge in [0.15, 0.2) is 0 Å². The molecule has 0 amide bonds. The number of hydrogen-bond donors (Lipinski definition) is 3. The molecular formula is C24H21N7. The predicted octanol–water partition coefficient (Wildman–Crippen LogP) is 5.47. The summed E-state index contributed by atoms with van der Waals surface area (Å²) in [5, 5.41) is 10.6. The summed E-state index contributed by atoms with van der Waals surface area (Å²) in [4.78, 5) is 13.3. The Labute approximate surface area is 180 Å². The third-order valence-corrected chi connectivity index (χ3v) is 4.11. The highest BCUT2D eigenvalue weighted by Gasteiger charge is 2.07. The highest BCUT2D eigenvalue weighted by atomic mass is 15.4. The zero-order valence-electron chi connectivity index (χ0n) is 16.7. The van der Waals surface area contributed by atoms with Gasteiger partial charge >= 0.3 is 0 Å². The van der Waals surface area contributed by atoms with Crippen molar-refractivity contribution >= 4 is 41.5 Å². The van der Waals surface area contributed by atoms with Crippen LogP contribution in [-0.4, -0.2) is 21.2 Å². The summed E-state index contributed by atoms with van der Waals surface area (Å²) in [6, 6.07) is 29.4. The second-order valence-electron chi connectivity index (χ2n) is 6.45. The van der Waals surface area contributed by atoms with E-state index in [1.165, 1.54) is 0 Å². The van der Waals surface area contributed by atoms with Crippen LogP contribution in [-0.2, 0) is 0 Å². The van der Waals surface area contributed by atoms with E-state index in [9.17, 15) is 0 Å². The molecule has 3 aromatic carbocycles. The van der Waals surface area contributed by atoms with Crippen LogP contribution in [0.25, 0.3) is 6.08 Å². The van der Waals surface area contributed by atoms with Gasteiger partial charge < -0.3 is 10.6 Å². The molecule has 1 aromatic heterocycles. The van der Waals surface area contributed by atoms with E-state index >= 15 is 0 Å². The number of hydrazone groups is 1. The summed E-state index contributed by atoms with van der Waals surface area (Å²) in [5.74, 6) is 1.12. The molecule has 0 saturated carbocycles. The molecule has 0 atom stereocenters. The van der Waals surface area contributed by atoms with Crippen molar-refractivity contribution in [1.29, 1.82) is 0 Å². The van der Waals surface area contributed by atoms with Crippen molar-refractivity contribution in [3.05, 3.63) is 103 Å². The Balaban J connectivity index is 1.50. The fourth-order valence-electron chi connectivity index (χ4n) is 2.70. The normalized spacial score (nSPS) is 11.0. The molecule has 0 radical (unpaired) electrons. The molecule has 0 bridgehead atoms. The van der Waals surface area contributed by atoms with Gasteiger partial charge in [-0.3, -0.25) is 0 Å². The minimum atomic E-state index is 0.316. The molecule has 31 heavy (non-hydrogen) atoms. The third kappa shape index (κ3) is 6.23. The topological polar surface area (TPSA) is 87.1 Å². The quantitative estimate of drug-likeness (QED) is 0.265. The standard InChI is InChI=1S/C24H21N7/c1-4-11-19(12-5-1)13-10-18-25-31-24-29-22(26-20-14-6-2-7-15-20)28-23(30-24)27-21-16-8-3-9-17-21/h1-18H,(H3,26,27,28,29,30,31)/b13-10-,25-18?. The van der Waals surface area contributed by atoms with Crippen LogP contribution in [0.15, 0.2) is 102 Å². The van der Waals surface area contributed by atoms with Crippen LogP contribution in [0.4, 0.5) is 29.2 Å². The van der Waals surface area contributed by atoms with Crippen LogP contribution in [0.1, 0.15) is 5.56 Å². The second-order valence-corrected chi connectivity index (χ2v) is 6.45. The fourth-order valence-corrected chi connectivity index (χ4v) is 2.70. The number of nitrogens with zero attached hydrogens (tertiary/aromatic N) is 4. The van der Waals surface area contributed by atoms with Gasteiger partial charge in [-0.05, 0) is 35.9 Å². The van der Waals surface area contributed by atoms with Crippen LogP contribution in [0.2, 0.25) is 0 Å². The lowest BCUT2D eigenvalue weighted by atomic mass is 10.2. The van der Waals surface area contributed by atoms with E-state index in [4.69, 9.17) is 0 Å². The van der Waals surface area contributed by atoms with Gasteiger partial charge in [-0.25, -0.2) is 5.43 Å². The maximum absolute atomic E-state index is 4.46. The van der Waals surface area contributed by atoms with E-state index in [0.717, 1.165) is 16.9 Å². The number of rotatable bonds is 8. The molecule has 1 heterocycles. The molecule has 4 rings (SSSR count). The molecule has 7 nitrogen and oxygen atoms in total. The summed E-state index contributed by atoms with van der Waals surface area (Å²) in [7, 11) is 0. The maximum atomic E-state index is 4.46. The molecule has 0 fully saturated rings. The average Bonchev–Trinajstić information content (AvgIpc) is 2.81. The summed E-state index contributed by atoms with van der Waals surface area (Å²) < 4.78 is 0. The molecule has 7 heteroatoms. The summed E-state index contributed by atoms with van der Waals surface area (Å²) in [5.41, 5.74) is 5.70. The smallest absolute Gasteiger partial charge is 0.250 e. The number of aromatic nitrogens is 3. The number of allylic oxidation sites excluding steroid dienone is 1. The molecule has 0 spiro atoms. The number of benzene rings is 3. The van der Waals surface area contributed by atoms with Crippen LogP contribution >= 0.6 is 0 Å². The second kappa shape index (κ2) is 10.3. The maximum Gasteiger partial charge on any atom is 0.250 e. The van der Waals surface area contributed by atoms with Gasteiger partial charge in [-0.15, -0.1) is 0 Å². The molecule has 0 aliphatic heterocycles. The van der Waals surface area contributed by atoms with Crippen molar-refractivity contribution in [3.8, 4) is 0 Å². The molecule has 0 unspecified atom stereocenters. The SMILES string of the molecule is C(/C=C\c1ccccc1)=NNc1nc(Nc2ccccc2)nc(Nc2ccccc2)n1. The number of nitrogens with one attached hydrogen (secondary N) is 3. The van der Waals surface area contributed by atoms with E-state index in [0.29, 0.717) is 17.8 Å². The van der Waals surface area contributed by atoms with Gasteiger partial charge in [0.25, 0.3) is 0 Å². The van der Waals surface area contributed by atoms with E-state index in [1.54, 1.807) is 6.21 Å². The summed E-state index contributed by atoms with van der Waals surface area (Å²) >= 11 is 0. The number of anilines is 5. The minimum Gasteiger partial charge on any atom is -0.324 e. The van der Waals surface area contributed by atoms with Crippen molar-refractivity contribution in [2.24, 2.45) is 5.10 Å². The Morgan fingerprint density at radius 1 is 0.581 bits per heavy atom. The molecule has 4 aromatic rings. The summed E-state index contributed by atoms with van der Waals surface area (Å²) in [6.45, 7) is 0. The highest BCUT2D eigenvalue weighted by Crippen LogP contribution is 2.18. The fraction of sp³-hybridized carbons (Fsp3) is 0. The molecule has 3 N–H and O–H groups in total. The zero-order valence-corrected chi connectivity index (χ0v) is 16.7. The Bertz CT molecular complexity index is 1080. The first-order valence-electron chi connectivity index (χ1n) is 9.76. The lowest BCUT2D eigenvalue weighted by molar-refractivity contribution is 1.04. The average molecular weight is 407 g/mol. The molecule has 0 aliphatic carbocycles. The zero-order chi connectivity index (χ0) is 21.1. The lowest BCUT2D eigenvalue weighted by Crippen LogP contribution is -2.07. The van der Waals surface area contributed by atoms with Gasteiger partial charge in [0.1, 0.15) is 0 Å². The minimum absolute atomic E-state index is 0.316. The first-order valence-corrected chi connectivity index (χ1v) is 9.76. The molecular weight excluding hydrogens is 386 g/mol. The molecule has 0 aliphatic rings. The highest BCUT2D eigenvalue weighted by molar-refractivity contribution is 5.78. The Kier molecular flexibility index (Phi) is 6.58. The number of hydrogen-bond acceptors (Lipinski definition) is 7. The van der Waals surface area contributed by atoms with Crippen LogP contribution in [0.5, 0.6) is 0 Å². The van der Waals surface area contributed by atoms with E-state index in [-0.39, 0.29) is 0 Å². The van der Waals surface area contributed by atoms with Gasteiger partial charge in [0.05, 0.1) is 0 Å². The van der Waals surface area contributed by atoms with E-state index in [2.05, 4.69) is 36.1 Å². The van der Waals surface area contributed by atoms with Crippen LogP contribution in [0, 0.1) is 0 Å². The van der Waals surface area contributed by atoms with Crippen molar-refractivity contribution in [2.45, 2.75) is 0 Å². The first-order chi connectivity index (χ1) is 15.3. The Morgan fingerprint density at radius 2 is 1.06 bits per heavy atom. The largest absolute Gasteiger partial charge is 0.324 e. The van der Waals surface area contributed by atoms with Gasteiger partial charge in [-0.1, -0.05) is 72.8 Å². The Morgan fingerprint density at radius 3 is 1.61 bits per heavy atom. The monoisotopic (exact) mass is 407 g/mol. The lowest BCUT2D eigenvalue weighted by Gasteiger charge is -2.10. The van der Waals surface area contributed by atoms with E-state index in [1.807, 2.05) is 103 Å². The van der Waals surface area contributed by atoms with Crippen molar-refractivity contribution in [3.63, 3.8) is 0 Å². The van der Waals surface area contributed by atoms with Crippen LogP contribution < -0.4 is 16.1 Å². The predicted molar refractivity (Wildman–Crippen MR) is 127 cm³/mol. The molecule has 0 saturated heterocycles. The van der Waals surface area contributed by atoms with Gasteiger partial charge in [-0.2, -0.15) is 20.1 Å². The molecule has 152 valence electrons. The first kappa shape index (κ1) is 19.8. The van der Waals surface area contributed by atoms with E-state index < -0.39 is 0 Å². The Hall–Kier alpha value is -4.52. The van der Waals surface area contributed by atoms with Gasteiger partial charge in [0.2, 0.25) is 17.8 Å².